The van der Waals surface area contributed by atoms with E-state index in [0.29, 0.717) is 12.1 Å². The quantitative estimate of drug-likeness (QED) is 0.925. The number of benzene rings is 1. The Morgan fingerprint density at radius 1 is 1.00 bits per heavy atom. The minimum atomic E-state index is 0.0277. The van der Waals surface area contributed by atoms with E-state index < -0.39 is 0 Å². The zero-order valence-electron chi connectivity index (χ0n) is 13.0. The first-order chi connectivity index (χ1) is 10.8. The Labute approximate surface area is 130 Å². The highest BCUT2D eigenvalue weighted by atomic mass is 16.5. The zero-order valence-corrected chi connectivity index (χ0v) is 13.0. The molecule has 2 aliphatic rings. The number of H-pyrrole nitrogens is 1. The standard InChI is InChI=1S/C18H24N2O2/c21-18-19-16-11-10-15(22-14-8-4-5-9-14)12-17(16)20(18)13-6-2-1-3-7-13/h10-14H,1-9H2,(H,19,21). The van der Waals surface area contributed by atoms with Gasteiger partial charge in [-0.15, -0.1) is 0 Å². The van der Waals surface area contributed by atoms with E-state index in [1.165, 1.54) is 32.1 Å². The van der Waals surface area contributed by atoms with Crippen molar-refractivity contribution in [1.82, 2.24) is 9.55 Å². The Morgan fingerprint density at radius 2 is 1.73 bits per heavy atom. The van der Waals surface area contributed by atoms with E-state index in [9.17, 15) is 4.79 Å². The molecule has 1 heterocycles. The first-order valence-corrected chi connectivity index (χ1v) is 8.72. The van der Waals surface area contributed by atoms with E-state index >= 15 is 0 Å². The van der Waals surface area contributed by atoms with Crippen molar-refractivity contribution in [1.29, 1.82) is 0 Å². The Bertz CT molecular complexity index is 703. The molecule has 1 aromatic carbocycles. The van der Waals surface area contributed by atoms with Crippen molar-refractivity contribution in [3.63, 3.8) is 0 Å². The minimum absolute atomic E-state index is 0.0277. The fraction of sp³-hybridized carbons (Fsp3) is 0.611. The molecule has 0 spiro atoms. The molecule has 4 rings (SSSR count). The smallest absolute Gasteiger partial charge is 0.326 e. The molecule has 2 aromatic rings. The SMILES string of the molecule is O=c1[nH]c2ccc(OC3CCCC3)cc2n1C1CCCCC1. The molecular formula is C18H24N2O2. The number of hydrogen-bond donors (Lipinski definition) is 1. The summed E-state index contributed by atoms with van der Waals surface area (Å²) in [5.74, 6) is 0.906. The van der Waals surface area contributed by atoms with Crippen LogP contribution in [0.15, 0.2) is 23.0 Å². The minimum Gasteiger partial charge on any atom is -0.490 e. The highest BCUT2D eigenvalue weighted by Gasteiger charge is 2.21. The molecule has 1 N–H and O–H groups in total. The van der Waals surface area contributed by atoms with Gasteiger partial charge in [-0.1, -0.05) is 19.3 Å². The van der Waals surface area contributed by atoms with Crippen molar-refractivity contribution in [2.24, 2.45) is 0 Å². The molecule has 0 atom stereocenters. The van der Waals surface area contributed by atoms with Crippen molar-refractivity contribution >= 4 is 11.0 Å². The van der Waals surface area contributed by atoms with Gasteiger partial charge in [0, 0.05) is 12.1 Å². The van der Waals surface area contributed by atoms with Crippen molar-refractivity contribution in [3.05, 3.63) is 28.7 Å². The lowest BCUT2D eigenvalue weighted by Crippen LogP contribution is -2.24. The van der Waals surface area contributed by atoms with Crippen molar-refractivity contribution in [2.45, 2.75) is 69.9 Å². The highest BCUT2D eigenvalue weighted by Crippen LogP contribution is 2.31. The van der Waals surface area contributed by atoms with Gasteiger partial charge in [0.05, 0.1) is 17.1 Å². The molecule has 2 fully saturated rings. The monoisotopic (exact) mass is 300 g/mol. The normalized spacial score (nSPS) is 20.7. The van der Waals surface area contributed by atoms with Crippen LogP contribution in [0.1, 0.15) is 63.8 Å². The molecule has 0 amide bonds. The van der Waals surface area contributed by atoms with Crippen molar-refractivity contribution in [2.75, 3.05) is 0 Å². The van der Waals surface area contributed by atoms with Gasteiger partial charge < -0.3 is 9.72 Å². The lowest BCUT2D eigenvalue weighted by atomic mass is 9.95. The van der Waals surface area contributed by atoms with Gasteiger partial charge in [0.1, 0.15) is 5.75 Å². The second-order valence-corrected chi connectivity index (χ2v) is 6.80. The van der Waals surface area contributed by atoms with E-state index in [4.69, 9.17) is 4.74 Å². The number of aromatic nitrogens is 2. The van der Waals surface area contributed by atoms with Crippen LogP contribution in [-0.2, 0) is 0 Å². The van der Waals surface area contributed by atoms with Gasteiger partial charge >= 0.3 is 5.69 Å². The van der Waals surface area contributed by atoms with Gasteiger partial charge in [-0.2, -0.15) is 0 Å². The van der Waals surface area contributed by atoms with Gasteiger partial charge in [0.25, 0.3) is 0 Å². The first-order valence-electron chi connectivity index (χ1n) is 8.72. The third-order valence-corrected chi connectivity index (χ3v) is 5.23. The highest BCUT2D eigenvalue weighted by molar-refractivity contribution is 5.77. The van der Waals surface area contributed by atoms with Crippen LogP contribution < -0.4 is 10.4 Å². The summed E-state index contributed by atoms with van der Waals surface area (Å²) in [6.07, 6.45) is 11.2. The summed E-state index contributed by atoms with van der Waals surface area (Å²) in [5.41, 5.74) is 1.96. The predicted octanol–water partition coefficient (Wildman–Crippen LogP) is 4.16. The number of aromatic amines is 1. The molecular weight excluding hydrogens is 276 g/mol. The lowest BCUT2D eigenvalue weighted by Gasteiger charge is -2.23. The largest absolute Gasteiger partial charge is 0.490 e. The number of rotatable bonds is 3. The summed E-state index contributed by atoms with van der Waals surface area (Å²) >= 11 is 0. The molecule has 0 unspecified atom stereocenters. The van der Waals surface area contributed by atoms with E-state index in [1.807, 2.05) is 16.7 Å². The Morgan fingerprint density at radius 3 is 2.50 bits per heavy atom. The number of imidazole rings is 1. The van der Waals surface area contributed by atoms with E-state index in [-0.39, 0.29) is 5.69 Å². The van der Waals surface area contributed by atoms with Crippen LogP contribution in [0.5, 0.6) is 5.75 Å². The molecule has 2 saturated carbocycles. The third-order valence-electron chi connectivity index (χ3n) is 5.23. The van der Waals surface area contributed by atoms with E-state index in [0.717, 1.165) is 42.5 Å². The van der Waals surface area contributed by atoms with Gasteiger partial charge in [-0.3, -0.25) is 4.57 Å². The second-order valence-electron chi connectivity index (χ2n) is 6.80. The number of ether oxygens (including phenoxy) is 1. The van der Waals surface area contributed by atoms with Crippen LogP contribution in [0.25, 0.3) is 11.0 Å². The maximum absolute atomic E-state index is 12.4. The van der Waals surface area contributed by atoms with E-state index in [2.05, 4.69) is 11.1 Å². The van der Waals surface area contributed by atoms with Crippen LogP contribution in [-0.4, -0.2) is 15.7 Å². The predicted molar refractivity (Wildman–Crippen MR) is 87.6 cm³/mol. The maximum Gasteiger partial charge on any atom is 0.326 e. The van der Waals surface area contributed by atoms with Crippen molar-refractivity contribution in [3.8, 4) is 5.75 Å². The molecule has 0 saturated heterocycles. The lowest BCUT2D eigenvalue weighted by molar-refractivity contribution is 0.210. The Kier molecular flexibility index (Phi) is 3.68. The Hall–Kier alpha value is -1.71. The van der Waals surface area contributed by atoms with Crippen LogP contribution in [0.4, 0.5) is 0 Å². The molecule has 1 aromatic heterocycles. The topological polar surface area (TPSA) is 47.0 Å². The summed E-state index contributed by atoms with van der Waals surface area (Å²) in [4.78, 5) is 15.4. The Balaban J connectivity index is 1.68. The molecule has 2 aliphatic carbocycles. The third kappa shape index (κ3) is 2.55. The average molecular weight is 300 g/mol. The summed E-state index contributed by atoms with van der Waals surface area (Å²) in [5, 5.41) is 0. The molecule has 22 heavy (non-hydrogen) atoms. The molecule has 4 nitrogen and oxygen atoms in total. The number of nitrogens with one attached hydrogen (secondary N) is 1. The van der Waals surface area contributed by atoms with Gasteiger partial charge in [-0.25, -0.2) is 4.79 Å². The molecule has 0 aliphatic heterocycles. The fourth-order valence-electron chi connectivity index (χ4n) is 4.08. The van der Waals surface area contributed by atoms with Gasteiger partial charge in [0.15, 0.2) is 0 Å². The van der Waals surface area contributed by atoms with Gasteiger partial charge in [-0.05, 0) is 50.7 Å². The first kappa shape index (κ1) is 13.9. The van der Waals surface area contributed by atoms with Gasteiger partial charge in [0.2, 0.25) is 0 Å². The van der Waals surface area contributed by atoms with E-state index in [1.54, 1.807) is 0 Å². The average Bonchev–Trinajstić information content (AvgIpc) is 3.15. The number of nitrogens with zero attached hydrogens (tertiary/aromatic N) is 1. The summed E-state index contributed by atoms with van der Waals surface area (Å²) in [7, 11) is 0. The molecule has 0 radical (unpaired) electrons. The zero-order chi connectivity index (χ0) is 14.9. The van der Waals surface area contributed by atoms with Crippen LogP contribution >= 0.6 is 0 Å². The molecule has 0 bridgehead atoms. The van der Waals surface area contributed by atoms with Crippen molar-refractivity contribution < 1.29 is 4.74 Å². The van der Waals surface area contributed by atoms with Crippen LogP contribution in [0.2, 0.25) is 0 Å². The second kappa shape index (κ2) is 5.82. The summed E-state index contributed by atoms with van der Waals surface area (Å²) < 4.78 is 8.07. The summed E-state index contributed by atoms with van der Waals surface area (Å²) in [6, 6.07) is 6.37. The maximum atomic E-state index is 12.4. The van der Waals surface area contributed by atoms with Crippen LogP contribution in [0, 0.1) is 0 Å². The fourth-order valence-corrected chi connectivity index (χ4v) is 4.08. The molecule has 118 valence electrons. The summed E-state index contributed by atoms with van der Waals surface area (Å²) in [6.45, 7) is 0. The number of fused-ring (bicyclic) bond motifs is 1. The molecule has 4 heteroatoms. The number of hydrogen-bond acceptors (Lipinski definition) is 2. The van der Waals surface area contributed by atoms with Crippen LogP contribution in [0.3, 0.4) is 0 Å².